The Morgan fingerprint density at radius 3 is 1.48 bits per heavy atom. The summed E-state index contributed by atoms with van der Waals surface area (Å²) >= 11 is 0. The molecule has 0 aliphatic rings. The summed E-state index contributed by atoms with van der Waals surface area (Å²) in [6.07, 6.45) is 0. The molecular weight excluding hydrogens is 944 g/mol. The van der Waals surface area contributed by atoms with E-state index in [1.807, 2.05) is 0 Å². The number of allylic oxidation sites excluding steroid dienone is 2. The standard InChI is InChI=1S/2C16H14N4O8S.Co.3Na/c2*1-9(21)14(16(23)17-10-5-3-2-4-6-10)19-18-12-7-11(20(24)25)8-13(15(12)22)29(26,27)28;;;;/h2*2-8,21-22H,1H3,(H,17,23)(H,26,27,28);;;;/q;;+3;3*+1/p-6. The minimum Gasteiger partial charge on any atom is -0.874 e. The number of hydrogen-bond acceptors (Lipinski definition) is 20. The first kappa shape index (κ1) is 59.9. The van der Waals surface area contributed by atoms with E-state index in [0.717, 1.165) is 13.8 Å². The van der Waals surface area contributed by atoms with Crippen molar-refractivity contribution in [1.29, 1.82) is 0 Å². The third-order valence-corrected chi connectivity index (χ3v) is 8.33. The summed E-state index contributed by atoms with van der Waals surface area (Å²) in [6, 6.07) is 17.5. The van der Waals surface area contributed by atoms with E-state index in [4.69, 9.17) is 4.55 Å². The van der Waals surface area contributed by atoms with Gasteiger partial charge in [0.25, 0.3) is 27.4 Å². The Bertz CT molecular complexity index is 2650. The van der Waals surface area contributed by atoms with E-state index in [2.05, 4.69) is 30.8 Å². The largest absolute Gasteiger partial charge is 3.00 e. The average molecular weight is 967 g/mol. The van der Waals surface area contributed by atoms with Gasteiger partial charge in [-0.2, -0.15) is 23.8 Å². The zero-order valence-corrected chi connectivity index (χ0v) is 41.1. The van der Waals surface area contributed by atoms with Crippen LogP contribution in [0.15, 0.2) is 143 Å². The Hall–Kier alpha value is -4.17. The third-order valence-electron chi connectivity index (χ3n) is 6.63. The number of nitrogens with zero attached hydrogens (tertiary/aromatic N) is 7. The van der Waals surface area contributed by atoms with Gasteiger partial charge >= 0.3 is 105 Å². The molecule has 30 heteroatoms. The van der Waals surface area contributed by atoms with Crippen molar-refractivity contribution in [3.05, 3.63) is 128 Å². The van der Waals surface area contributed by atoms with Crippen molar-refractivity contribution in [1.82, 2.24) is 0 Å². The summed E-state index contributed by atoms with van der Waals surface area (Å²) in [4.78, 5) is 32.9. The molecule has 0 aliphatic carbocycles. The minimum absolute atomic E-state index is 0. The number of anilines is 1. The number of para-hydroxylation sites is 2. The van der Waals surface area contributed by atoms with E-state index >= 15 is 0 Å². The number of nitro groups is 2. The first-order valence-electron chi connectivity index (χ1n) is 15.2. The van der Waals surface area contributed by atoms with E-state index in [-0.39, 0.29) is 117 Å². The molecule has 24 nitrogen and oxygen atoms in total. The topological polar surface area (TPSA) is 404 Å². The molecule has 0 radical (unpaired) electrons. The van der Waals surface area contributed by atoms with Crippen molar-refractivity contribution < 1.29 is 172 Å². The van der Waals surface area contributed by atoms with Crippen LogP contribution in [0.1, 0.15) is 13.8 Å². The fraction of sp³-hybridized carbons (Fsp3) is 0.0625. The van der Waals surface area contributed by atoms with Crippen molar-refractivity contribution in [2.24, 2.45) is 25.4 Å². The number of carbonyl (C=O) groups excluding carboxylic acids is 1. The quantitative estimate of drug-likeness (QED) is 0.0153. The number of nitrogens with one attached hydrogen (secondary N) is 1. The molecule has 0 atom stereocenters. The van der Waals surface area contributed by atoms with Crippen LogP contribution >= 0.6 is 0 Å². The van der Waals surface area contributed by atoms with Crippen LogP contribution in [0.3, 0.4) is 0 Å². The first-order chi connectivity index (χ1) is 27.0. The molecule has 0 saturated heterocycles. The van der Waals surface area contributed by atoms with Crippen LogP contribution in [0.5, 0.6) is 11.5 Å². The van der Waals surface area contributed by atoms with Crippen LogP contribution in [0.25, 0.3) is 0 Å². The maximum absolute atomic E-state index is 12.2. The number of amides is 1. The molecule has 0 spiro atoms. The molecule has 0 saturated carbocycles. The normalized spacial score (nSPS) is 12.1. The van der Waals surface area contributed by atoms with Gasteiger partial charge in [-0.15, -0.1) is 16.6 Å². The van der Waals surface area contributed by atoms with Crippen LogP contribution in [-0.2, 0) is 41.8 Å². The van der Waals surface area contributed by atoms with Gasteiger partial charge in [-0.3, -0.25) is 34.6 Å². The maximum atomic E-state index is 12.2. The number of nitro benzene ring substituents is 2. The second kappa shape index (κ2) is 26.5. The van der Waals surface area contributed by atoms with E-state index in [9.17, 15) is 71.9 Å². The van der Waals surface area contributed by atoms with Crippen molar-refractivity contribution in [3.8, 4) is 11.5 Å². The number of rotatable bonds is 12. The maximum Gasteiger partial charge on any atom is 3.00 e. The van der Waals surface area contributed by atoms with Gasteiger partial charge in [0, 0.05) is 35.9 Å². The average Bonchev–Trinajstić information content (AvgIpc) is 3.12. The molecule has 0 unspecified atom stereocenters. The van der Waals surface area contributed by atoms with Crippen molar-refractivity contribution in [2.75, 3.05) is 5.32 Å². The number of benzene rings is 4. The molecule has 4 rings (SSSR count). The van der Waals surface area contributed by atoms with E-state index in [1.54, 1.807) is 36.4 Å². The van der Waals surface area contributed by atoms with Gasteiger partial charge in [0.1, 0.15) is 15.8 Å². The molecule has 1 amide bonds. The monoisotopic (exact) mass is 966 g/mol. The fourth-order valence-electron chi connectivity index (χ4n) is 4.02. The number of azo groups is 2. The van der Waals surface area contributed by atoms with Gasteiger partial charge in [0.2, 0.25) is 0 Å². The molecule has 310 valence electrons. The van der Waals surface area contributed by atoms with Gasteiger partial charge < -0.3 is 35.4 Å². The van der Waals surface area contributed by atoms with Gasteiger partial charge in [-0.25, -0.2) is 8.42 Å². The predicted octanol–water partition coefficient (Wildman–Crippen LogP) is -7.42. The predicted molar refractivity (Wildman–Crippen MR) is 186 cm³/mol. The van der Waals surface area contributed by atoms with E-state index in [1.165, 1.54) is 24.3 Å². The number of hydrogen-bond donors (Lipinski definition) is 2. The Labute approximate surface area is 427 Å². The number of aliphatic imine (C=N–C) groups is 1. The van der Waals surface area contributed by atoms with Crippen LogP contribution in [-0.4, -0.2) is 47.6 Å². The number of carbonyl (C=O) groups is 1. The molecular formula is C32H22CoN8Na3O16S2. The second-order valence-electron chi connectivity index (χ2n) is 10.8. The molecule has 2 N–H and O–H groups in total. The summed E-state index contributed by atoms with van der Waals surface area (Å²) in [5.41, 5.74) is -4.59. The summed E-state index contributed by atoms with van der Waals surface area (Å²) < 4.78 is 65.1. The zero-order valence-electron chi connectivity index (χ0n) is 32.4. The Morgan fingerprint density at radius 2 is 1.08 bits per heavy atom. The first-order valence-corrected chi connectivity index (χ1v) is 18.0. The Balaban J connectivity index is 0. The van der Waals surface area contributed by atoms with Gasteiger partial charge in [-0.1, -0.05) is 61.7 Å². The smallest absolute Gasteiger partial charge is 0.874 e. The summed E-state index contributed by atoms with van der Waals surface area (Å²) in [6.45, 7) is 1.96. The van der Waals surface area contributed by atoms with Crippen molar-refractivity contribution >= 4 is 66.2 Å². The van der Waals surface area contributed by atoms with Crippen LogP contribution in [0.2, 0.25) is 0 Å². The van der Waals surface area contributed by atoms with Crippen LogP contribution in [0.4, 0.5) is 34.1 Å². The van der Waals surface area contributed by atoms with E-state index < -0.39 is 109 Å². The van der Waals surface area contributed by atoms with Gasteiger partial charge in [0.05, 0.1) is 42.4 Å². The zero-order chi connectivity index (χ0) is 43.5. The van der Waals surface area contributed by atoms with Gasteiger partial charge in [-0.05, 0) is 24.3 Å². The fourth-order valence-corrected chi connectivity index (χ4v) is 5.22. The summed E-state index contributed by atoms with van der Waals surface area (Å²) in [7, 11) is -10.4. The molecule has 0 aliphatic heterocycles. The SMILES string of the molecule is CC([O-])=C(N=Nc1cc([N+](=O)[O-])cc(S(=O)(=O)O)c1[O-])C(=O)Nc1ccccc1.CC([O-])=C(N=Nc1cc([N+](=O)[O-])cc(S(=O)(=O)[O-])c1[O-])C([O-])=Nc1ccccc1.[Co+3].[Na+].[Na+].[Na+]. The summed E-state index contributed by atoms with van der Waals surface area (Å²) in [5.74, 6) is -6.66. The van der Waals surface area contributed by atoms with Crippen molar-refractivity contribution in [3.63, 3.8) is 0 Å². The van der Waals surface area contributed by atoms with Crippen molar-refractivity contribution in [2.45, 2.75) is 23.6 Å². The second-order valence-corrected chi connectivity index (χ2v) is 13.5. The molecule has 0 aromatic heterocycles. The molecule has 0 bridgehead atoms. The third kappa shape index (κ3) is 17.5. The van der Waals surface area contributed by atoms with Gasteiger partial charge in [0.15, 0.2) is 0 Å². The molecule has 0 heterocycles. The molecule has 62 heavy (non-hydrogen) atoms. The Kier molecular flexibility index (Phi) is 25.6. The molecule has 4 aromatic carbocycles. The number of non-ortho nitro benzene ring substituents is 2. The van der Waals surface area contributed by atoms with E-state index in [0.29, 0.717) is 23.9 Å². The molecule has 4 aromatic rings. The van der Waals surface area contributed by atoms with Crippen LogP contribution in [0, 0.1) is 20.2 Å². The Morgan fingerprint density at radius 1 is 0.677 bits per heavy atom. The molecule has 0 fully saturated rings. The minimum atomic E-state index is -5.35. The van der Waals surface area contributed by atoms with Crippen LogP contribution < -0.4 is 120 Å². The summed E-state index contributed by atoms with van der Waals surface area (Å²) in [5, 5.41) is 97.2.